The minimum Gasteiger partial charge on any atom is -0.461 e. The van der Waals surface area contributed by atoms with Gasteiger partial charge in [0.1, 0.15) is 6.26 Å². The van der Waals surface area contributed by atoms with Crippen molar-refractivity contribution in [3.05, 3.63) is 12.0 Å². The van der Waals surface area contributed by atoms with Crippen LogP contribution in [-0.4, -0.2) is 30.6 Å². The summed E-state index contributed by atoms with van der Waals surface area (Å²) < 4.78 is 10.2. The predicted molar refractivity (Wildman–Crippen MR) is 69.8 cm³/mol. The lowest BCUT2D eigenvalue weighted by Gasteiger charge is -2.21. The highest BCUT2D eigenvalue weighted by Crippen LogP contribution is 2.16. The van der Waals surface area contributed by atoms with Gasteiger partial charge >= 0.3 is 5.97 Å². The number of anilines is 1. The lowest BCUT2D eigenvalue weighted by molar-refractivity contribution is 0.0519. The van der Waals surface area contributed by atoms with E-state index >= 15 is 0 Å². The monoisotopic (exact) mass is 254 g/mol. The van der Waals surface area contributed by atoms with Crippen LogP contribution >= 0.6 is 0 Å². The number of hydrogen-bond acceptors (Lipinski definition) is 5. The summed E-state index contributed by atoms with van der Waals surface area (Å²) in [6.45, 7) is 10.1. The van der Waals surface area contributed by atoms with Gasteiger partial charge in [-0.3, -0.25) is 0 Å². The van der Waals surface area contributed by atoms with Crippen molar-refractivity contribution >= 4 is 12.0 Å². The zero-order valence-electron chi connectivity index (χ0n) is 11.6. The summed E-state index contributed by atoms with van der Waals surface area (Å²) in [6, 6.07) is 0.487. The molecule has 0 fully saturated rings. The standard InChI is InChI=1S/C13H22N2O3/c1-5-10(4)8-15(6-2)13-14-11(9-18-13)12(16)17-7-3/h9-10H,5-8H2,1-4H3. The first-order chi connectivity index (χ1) is 8.62. The van der Waals surface area contributed by atoms with E-state index in [0.717, 1.165) is 19.5 Å². The Morgan fingerprint density at radius 2 is 2.22 bits per heavy atom. The molecule has 0 saturated heterocycles. The maximum Gasteiger partial charge on any atom is 0.360 e. The van der Waals surface area contributed by atoms with Crippen LogP contribution in [0, 0.1) is 5.92 Å². The third-order valence-corrected chi connectivity index (χ3v) is 2.86. The van der Waals surface area contributed by atoms with Crippen molar-refractivity contribution in [1.82, 2.24) is 4.98 Å². The Labute approximate surface area is 108 Å². The van der Waals surface area contributed by atoms with Crippen LogP contribution in [0.15, 0.2) is 10.7 Å². The molecule has 5 heteroatoms. The molecule has 1 unspecified atom stereocenters. The molecule has 1 rings (SSSR count). The first kappa shape index (κ1) is 14.5. The van der Waals surface area contributed by atoms with E-state index in [-0.39, 0.29) is 5.69 Å². The normalized spacial score (nSPS) is 12.2. The van der Waals surface area contributed by atoms with E-state index in [1.165, 1.54) is 6.26 Å². The van der Waals surface area contributed by atoms with Gasteiger partial charge in [0, 0.05) is 13.1 Å². The number of oxazole rings is 1. The van der Waals surface area contributed by atoms with Crippen molar-refractivity contribution in [2.75, 3.05) is 24.6 Å². The smallest absolute Gasteiger partial charge is 0.360 e. The van der Waals surface area contributed by atoms with Gasteiger partial charge in [-0.05, 0) is 19.8 Å². The molecule has 102 valence electrons. The van der Waals surface area contributed by atoms with Gasteiger partial charge in [0.05, 0.1) is 6.61 Å². The molecule has 0 aromatic carbocycles. The Morgan fingerprint density at radius 1 is 1.50 bits per heavy atom. The van der Waals surface area contributed by atoms with Crippen LogP contribution in [-0.2, 0) is 4.74 Å². The zero-order valence-corrected chi connectivity index (χ0v) is 11.6. The summed E-state index contributed by atoms with van der Waals surface area (Å²) in [5, 5.41) is 0. The molecule has 0 amide bonds. The van der Waals surface area contributed by atoms with E-state index < -0.39 is 5.97 Å². The molecule has 1 heterocycles. The van der Waals surface area contributed by atoms with Crippen molar-refractivity contribution in [1.29, 1.82) is 0 Å². The van der Waals surface area contributed by atoms with Gasteiger partial charge in [0.2, 0.25) is 0 Å². The molecule has 0 bridgehead atoms. The van der Waals surface area contributed by atoms with Crippen molar-refractivity contribution in [3.8, 4) is 0 Å². The molecule has 0 saturated carbocycles. The first-order valence-corrected chi connectivity index (χ1v) is 6.49. The second-order valence-corrected chi connectivity index (χ2v) is 4.29. The Kier molecular flexibility index (Phi) is 5.68. The van der Waals surface area contributed by atoms with Crippen LogP contribution in [0.4, 0.5) is 6.01 Å². The molecule has 0 radical (unpaired) electrons. The van der Waals surface area contributed by atoms with E-state index in [4.69, 9.17) is 9.15 Å². The number of hydrogen-bond donors (Lipinski definition) is 0. The van der Waals surface area contributed by atoms with Crippen molar-refractivity contribution in [2.24, 2.45) is 5.92 Å². The topological polar surface area (TPSA) is 55.6 Å². The molecule has 5 nitrogen and oxygen atoms in total. The molecule has 1 aromatic heterocycles. The van der Waals surface area contributed by atoms with Gasteiger partial charge < -0.3 is 14.1 Å². The van der Waals surface area contributed by atoms with Gasteiger partial charge in [0.15, 0.2) is 5.69 Å². The maximum atomic E-state index is 11.5. The molecule has 0 spiro atoms. The average molecular weight is 254 g/mol. The summed E-state index contributed by atoms with van der Waals surface area (Å²) in [6.07, 6.45) is 2.45. The molecule has 1 aromatic rings. The van der Waals surface area contributed by atoms with E-state index in [2.05, 4.69) is 18.8 Å². The van der Waals surface area contributed by atoms with Crippen LogP contribution in [0.3, 0.4) is 0 Å². The van der Waals surface area contributed by atoms with Gasteiger partial charge in [-0.25, -0.2) is 4.79 Å². The molecular formula is C13H22N2O3. The third-order valence-electron chi connectivity index (χ3n) is 2.86. The molecule has 1 atom stereocenters. The second-order valence-electron chi connectivity index (χ2n) is 4.29. The summed E-state index contributed by atoms with van der Waals surface area (Å²) in [5.41, 5.74) is 0.231. The van der Waals surface area contributed by atoms with Crippen LogP contribution < -0.4 is 4.90 Å². The minimum absolute atomic E-state index is 0.231. The van der Waals surface area contributed by atoms with Gasteiger partial charge in [-0.15, -0.1) is 0 Å². The Balaban J connectivity index is 2.72. The zero-order chi connectivity index (χ0) is 13.5. The quantitative estimate of drug-likeness (QED) is 0.700. The fraction of sp³-hybridized carbons (Fsp3) is 0.692. The van der Waals surface area contributed by atoms with E-state index in [9.17, 15) is 4.79 Å². The second kappa shape index (κ2) is 7.03. The highest BCUT2D eigenvalue weighted by molar-refractivity contribution is 5.87. The molecular weight excluding hydrogens is 232 g/mol. The van der Waals surface area contributed by atoms with Crippen molar-refractivity contribution < 1.29 is 13.9 Å². The Morgan fingerprint density at radius 3 is 2.78 bits per heavy atom. The number of ether oxygens (including phenoxy) is 1. The highest BCUT2D eigenvalue weighted by Gasteiger charge is 2.17. The molecule has 18 heavy (non-hydrogen) atoms. The number of nitrogens with zero attached hydrogens (tertiary/aromatic N) is 2. The predicted octanol–water partition coefficient (Wildman–Crippen LogP) is 2.72. The van der Waals surface area contributed by atoms with Crippen LogP contribution in [0.1, 0.15) is 44.6 Å². The highest BCUT2D eigenvalue weighted by atomic mass is 16.5. The molecule has 0 aliphatic carbocycles. The van der Waals surface area contributed by atoms with E-state index in [1.54, 1.807) is 6.92 Å². The Hall–Kier alpha value is -1.52. The maximum absolute atomic E-state index is 11.5. The van der Waals surface area contributed by atoms with Crippen LogP contribution in [0.25, 0.3) is 0 Å². The Bertz CT molecular complexity index is 376. The summed E-state index contributed by atoms with van der Waals surface area (Å²) in [5.74, 6) is 0.120. The molecule has 0 N–H and O–H groups in total. The van der Waals surface area contributed by atoms with E-state index in [1.807, 2.05) is 11.8 Å². The number of esters is 1. The molecule has 0 aliphatic heterocycles. The van der Waals surface area contributed by atoms with E-state index in [0.29, 0.717) is 18.5 Å². The van der Waals surface area contributed by atoms with Crippen molar-refractivity contribution in [3.63, 3.8) is 0 Å². The SMILES string of the molecule is CCOC(=O)c1coc(N(CC)CC(C)CC)n1. The fourth-order valence-electron chi connectivity index (χ4n) is 1.56. The number of carbonyl (C=O) groups is 1. The van der Waals surface area contributed by atoms with Gasteiger partial charge in [-0.2, -0.15) is 4.98 Å². The lowest BCUT2D eigenvalue weighted by Crippen LogP contribution is -2.28. The average Bonchev–Trinajstić information content (AvgIpc) is 2.85. The van der Waals surface area contributed by atoms with Crippen LogP contribution in [0.5, 0.6) is 0 Å². The van der Waals surface area contributed by atoms with Gasteiger partial charge in [-0.1, -0.05) is 20.3 Å². The number of rotatable bonds is 7. The number of aromatic nitrogens is 1. The number of carbonyl (C=O) groups excluding carboxylic acids is 1. The summed E-state index contributed by atoms with van der Waals surface area (Å²) in [4.78, 5) is 17.7. The minimum atomic E-state index is -0.438. The van der Waals surface area contributed by atoms with Crippen LogP contribution in [0.2, 0.25) is 0 Å². The lowest BCUT2D eigenvalue weighted by atomic mass is 10.1. The first-order valence-electron chi connectivity index (χ1n) is 6.49. The van der Waals surface area contributed by atoms with Crippen molar-refractivity contribution in [2.45, 2.75) is 34.1 Å². The fourth-order valence-corrected chi connectivity index (χ4v) is 1.56. The largest absolute Gasteiger partial charge is 0.461 e. The molecule has 0 aliphatic rings. The summed E-state index contributed by atoms with van der Waals surface area (Å²) >= 11 is 0. The summed E-state index contributed by atoms with van der Waals surface area (Å²) in [7, 11) is 0. The van der Waals surface area contributed by atoms with Gasteiger partial charge in [0.25, 0.3) is 6.01 Å². The third kappa shape index (κ3) is 3.75.